The number of aromatic nitrogens is 1. The third-order valence-electron chi connectivity index (χ3n) is 6.37. The van der Waals surface area contributed by atoms with E-state index in [1.54, 1.807) is 11.1 Å². The van der Waals surface area contributed by atoms with Crippen molar-refractivity contribution in [2.75, 3.05) is 49.6 Å². The highest BCUT2D eigenvalue weighted by atomic mass is 16.5. The number of fused-ring (bicyclic) bond motifs is 3. The number of carbonyl (C=O) groups is 2. The van der Waals surface area contributed by atoms with Crippen LogP contribution in [0.2, 0.25) is 0 Å². The van der Waals surface area contributed by atoms with Crippen molar-refractivity contribution in [1.29, 1.82) is 0 Å². The maximum atomic E-state index is 13.5. The van der Waals surface area contributed by atoms with Crippen LogP contribution >= 0.6 is 0 Å². The summed E-state index contributed by atoms with van der Waals surface area (Å²) in [5.41, 5.74) is 2.96. The molecular formula is C28H28N4O3. The fourth-order valence-corrected chi connectivity index (χ4v) is 4.54. The molecule has 178 valence electrons. The molecule has 7 nitrogen and oxygen atoms in total. The van der Waals surface area contributed by atoms with Gasteiger partial charge in [0.2, 0.25) is 5.91 Å². The minimum atomic E-state index is -0.239. The Labute approximate surface area is 204 Å². The minimum absolute atomic E-state index is 0.0400. The van der Waals surface area contributed by atoms with Gasteiger partial charge >= 0.3 is 0 Å². The number of nitrogens with zero attached hydrogens (tertiary/aromatic N) is 3. The first-order valence-electron chi connectivity index (χ1n) is 11.9. The zero-order chi connectivity index (χ0) is 24.2. The summed E-state index contributed by atoms with van der Waals surface area (Å²) < 4.78 is 5.41. The van der Waals surface area contributed by atoms with E-state index in [0.29, 0.717) is 23.3 Å². The fraction of sp³-hybridized carbons (Fsp3) is 0.250. The summed E-state index contributed by atoms with van der Waals surface area (Å²) in [5.74, 6) is -0.447. The molecule has 0 spiro atoms. The molecule has 1 fully saturated rings. The van der Waals surface area contributed by atoms with Crippen molar-refractivity contribution in [3.8, 4) is 0 Å². The number of hydrogen-bond donors (Lipinski definition) is 1. The number of pyridine rings is 1. The van der Waals surface area contributed by atoms with Gasteiger partial charge in [-0.25, -0.2) is 0 Å². The van der Waals surface area contributed by atoms with Crippen LogP contribution in [0.3, 0.4) is 0 Å². The molecule has 3 aromatic carbocycles. The lowest BCUT2D eigenvalue weighted by molar-refractivity contribution is -0.116. The third-order valence-corrected chi connectivity index (χ3v) is 6.37. The molecule has 0 bridgehead atoms. The number of amides is 2. The molecule has 0 radical (unpaired) electrons. The number of anilines is 2. The van der Waals surface area contributed by atoms with Gasteiger partial charge in [-0.1, -0.05) is 30.3 Å². The molecule has 0 saturated carbocycles. The van der Waals surface area contributed by atoms with Crippen molar-refractivity contribution < 1.29 is 14.3 Å². The molecule has 1 N–H and O–H groups in total. The van der Waals surface area contributed by atoms with Crippen molar-refractivity contribution in [2.45, 2.75) is 6.92 Å². The topological polar surface area (TPSA) is 74.8 Å². The van der Waals surface area contributed by atoms with Gasteiger partial charge in [0.05, 0.1) is 24.3 Å². The van der Waals surface area contributed by atoms with Crippen LogP contribution in [0.15, 0.2) is 72.9 Å². The van der Waals surface area contributed by atoms with Gasteiger partial charge in [-0.2, -0.15) is 0 Å². The van der Waals surface area contributed by atoms with E-state index < -0.39 is 0 Å². The lowest BCUT2D eigenvalue weighted by Gasteiger charge is -2.29. The molecule has 2 amide bonds. The molecule has 2 heterocycles. The van der Waals surface area contributed by atoms with Gasteiger partial charge in [0.15, 0.2) is 0 Å². The maximum Gasteiger partial charge on any atom is 0.256 e. The van der Waals surface area contributed by atoms with E-state index in [4.69, 9.17) is 4.74 Å². The summed E-state index contributed by atoms with van der Waals surface area (Å²) in [7, 11) is 0. The summed E-state index contributed by atoms with van der Waals surface area (Å²) >= 11 is 0. The van der Waals surface area contributed by atoms with Crippen molar-refractivity contribution in [3.05, 3.63) is 78.5 Å². The van der Waals surface area contributed by atoms with Crippen LogP contribution in [0.25, 0.3) is 21.7 Å². The zero-order valence-electron chi connectivity index (χ0n) is 19.7. The van der Waals surface area contributed by atoms with Crippen LogP contribution in [0.5, 0.6) is 0 Å². The molecule has 1 aliphatic heterocycles. The Morgan fingerprint density at radius 1 is 1.00 bits per heavy atom. The Balaban J connectivity index is 1.32. The lowest BCUT2D eigenvalue weighted by Crippen LogP contribution is -2.38. The van der Waals surface area contributed by atoms with Gasteiger partial charge in [-0.05, 0) is 54.1 Å². The Morgan fingerprint density at radius 2 is 1.74 bits per heavy atom. The molecule has 1 aromatic heterocycles. The quantitative estimate of drug-likeness (QED) is 0.427. The number of carbonyl (C=O) groups excluding carboxylic acids is 2. The summed E-state index contributed by atoms with van der Waals surface area (Å²) in [5, 5.41) is 5.86. The van der Waals surface area contributed by atoms with E-state index in [1.807, 2.05) is 73.7 Å². The largest absolute Gasteiger partial charge is 0.378 e. The molecule has 7 heteroatoms. The highest BCUT2D eigenvalue weighted by Crippen LogP contribution is 2.28. The van der Waals surface area contributed by atoms with Crippen LogP contribution in [0, 0.1) is 0 Å². The average Bonchev–Trinajstić information content (AvgIpc) is 2.92. The van der Waals surface area contributed by atoms with Gasteiger partial charge in [0.1, 0.15) is 6.54 Å². The van der Waals surface area contributed by atoms with Gasteiger partial charge in [-0.3, -0.25) is 14.6 Å². The monoisotopic (exact) mass is 468 g/mol. The number of morpholine rings is 1. The van der Waals surface area contributed by atoms with Crippen LogP contribution in [-0.2, 0) is 9.53 Å². The van der Waals surface area contributed by atoms with Crippen LogP contribution in [0.4, 0.5) is 11.4 Å². The zero-order valence-corrected chi connectivity index (χ0v) is 19.7. The SMILES string of the molecule is CCN(CC(=O)Nc1ccc(N2CCOCC2)cc1)C(=O)c1cc2ccccc2c2cccnc12. The lowest BCUT2D eigenvalue weighted by atomic mass is 10.00. The van der Waals surface area contributed by atoms with Crippen molar-refractivity contribution >= 4 is 44.9 Å². The number of rotatable bonds is 6. The Bertz CT molecular complexity index is 1360. The number of ether oxygens (including phenoxy) is 1. The first-order chi connectivity index (χ1) is 17.1. The highest BCUT2D eigenvalue weighted by molar-refractivity contribution is 6.16. The molecular weight excluding hydrogens is 440 g/mol. The number of hydrogen-bond acceptors (Lipinski definition) is 5. The fourth-order valence-electron chi connectivity index (χ4n) is 4.54. The Morgan fingerprint density at radius 3 is 2.51 bits per heavy atom. The smallest absolute Gasteiger partial charge is 0.256 e. The number of benzene rings is 3. The minimum Gasteiger partial charge on any atom is -0.378 e. The molecule has 1 aliphatic rings. The summed E-state index contributed by atoms with van der Waals surface area (Å²) in [6, 6.07) is 21.4. The molecule has 0 unspecified atom stereocenters. The Kier molecular flexibility index (Phi) is 6.59. The molecule has 4 aromatic rings. The predicted octanol–water partition coefficient (Wildman–Crippen LogP) is 4.33. The van der Waals surface area contributed by atoms with Gasteiger partial charge in [-0.15, -0.1) is 0 Å². The second kappa shape index (κ2) is 10.1. The van der Waals surface area contributed by atoms with E-state index in [0.717, 1.165) is 48.1 Å². The summed E-state index contributed by atoms with van der Waals surface area (Å²) in [4.78, 5) is 34.7. The van der Waals surface area contributed by atoms with E-state index in [9.17, 15) is 9.59 Å². The average molecular weight is 469 g/mol. The van der Waals surface area contributed by atoms with Crippen LogP contribution < -0.4 is 10.2 Å². The summed E-state index contributed by atoms with van der Waals surface area (Å²) in [6.07, 6.45) is 1.69. The van der Waals surface area contributed by atoms with Gasteiger partial charge in [0.25, 0.3) is 5.91 Å². The molecule has 35 heavy (non-hydrogen) atoms. The van der Waals surface area contributed by atoms with Gasteiger partial charge in [0, 0.05) is 42.6 Å². The normalized spacial score (nSPS) is 13.7. The maximum absolute atomic E-state index is 13.5. The molecule has 0 atom stereocenters. The molecule has 5 rings (SSSR count). The standard InChI is InChI=1S/C28H28N4O3/c1-2-31(19-26(33)30-21-9-11-22(12-10-21)32-14-16-35-17-15-32)28(34)25-18-20-6-3-4-7-23(20)24-8-5-13-29-27(24)25/h3-13,18H,2,14-17,19H2,1H3,(H,30,33). The number of nitrogens with one attached hydrogen (secondary N) is 1. The van der Waals surface area contributed by atoms with E-state index in [-0.39, 0.29) is 18.4 Å². The summed E-state index contributed by atoms with van der Waals surface area (Å²) in [6.45, 7) is 5.40. The van der Waals surface area contributed by atoms with E-state index in [1.165, 1.54) is 0 Å². The van der Waals surface area contributed by atoms with Crippen molar-refractivity contribution in [2.24, 2.45) is 0 Å². The van der Waals surface area contributed by atoms with Gasteiger partial charge < -0.3 is 19.9 Å². The van der Waals surface area contributed by atoms with E-state index >= 15 is 0 Å². The van der Waals surface area contributed by atoms with Crippen molar-refractivity contribution in [3.63, 3.8) is 0 Å². The second-order valence-electron chi connectivity index (χ2n) is 8.56. The van der Waals surface area contributed by atoms with Crippen molar-refractivity contribution in [1.82, 2.24) is 9.88 Å². The Hall–Kier alpha value is -3.97. The molecule has 1 saturated heterocycles. The molecule has 0 aliphatic carbocycles. The first-order valence-corrected chi connectivity index (χ1v) is 11.9. The third kappa shape index (κ3) is 4.81. The predicted molar refractivity (Wildman–Crippen MR) is 139 cm³/mol. The van der Waals surface area contributed by atoms with E-state index in [2.05, 4.69) is 15.2 Å². The van der Waals surface area contributed by atoms with Crippen LogP contribution in [-0.4, -0.2) is 61.1 Å². The number of likely N-dealkylation sites (N-methyl/N-ethyl adjacent to an activating group) is 1. The van der Waals surface area contributed by atoms with Crippen LogP contribution in [0.1, 0.15) is 17.3 Å². The second-order valence-corrected chi connectivity index (χ2v) is 8.56. The first kappa shape index (κ1) is 22.8. The highest BCUT2D eigenvalue weighted by Gasteiger charge is 2.21.